The minimum atomic E-state index is -0.463. The Morgan fingerprint density at radius 1 is 1.35 bits per heavy atom. The Bertz CT molecular complexity index is 572. The molecule has 0 saturated heterocycles. The number of aromatic nitrogens is 2. The van der Waals surface area contributed by atoms with Crippen LogP contribution in [-0.4, -0.2) is 21.0 Å². The van der Waals surface area contributed by atoms with Gasteiger partial charge >= 0.3 is 0 Å². The van der Waals surface area contributed by atoms with Crippen molar-refractivity contribution in [3.8, 4) is 5.69 Å². The van der Waals surface area contributed by atoms with Gasteiger partial charge in [-0.15, -0.1) is 0 Å². The lowest BCUT2D eigenvalue weighted by atomic mass is 10.3. The highest BCUT2D eigenvalue weighted by molar-refractivity contribution is 5.76. The Morgan fingerprint density at radius 2 is 2.00 bits per heavy atom. The maximum absolute atomic E-state index is 10.7. The zero-order chi connectivity index (χ0) is 12.4. The van der Waals surface area contributed by atoms with Gasteiger partial charge in [0.25, 0.3) is 5.69 Å². The van der Waals surface area contributed by atoms with Crippen LogP contribution < -0.4 is 0 Å². The minimum Gasteiger partial charge on any atom is -0.298 e. The molecule has 86 valence electrons. The average Bonchev–Trinajstić information content (AvgIpc) is 2.70. The molecule has 0 N–H and O–H groups in total. The first-order valence-electron chi connectivity index (χ1n) is 4.88. The predicted molar refractivity (Wildman–Crippen MR) is 60.3 cm³/mol. The molecule has 1 aromatic heterocycles. The van der Waals surface area contributed by atoms with Crippen LogP contribution in [0.15, 0.2) is 30.5 Å². The summed E-state index contributed by atoms with van der Waals surface area (Å²) in [5.74, 6) is 0. The summed E-state index contributed by atoms with van der Waals surface area (Å²) in [5.41, 5.74) is 1.82. The highest BCUT2D eigenvalue weighted by atomic mass is 16.6. The van der Waals surface area contributed by atoms with Crippen molar-refractivity contribution in [3.63, 3.8) is 0 Å². The molecule has 0 saturated carbocycles. The Balaban J connectivity index is 2.39. The fraction of sp³-hybridized carbons (Fsp3) is 0.0909. The first-order valence-corrected chi connectivity index (χ1v) is 4.88. The fourth-order valence-corrected chi connectivity index (χ4v) is 1.45. The van der Waals surface area contributed by atoms with Gasteiger partial charge in [-0.25, -0.2) is 4.68 Å². The number of carbonyl (C=O) groups is 1. The Kier molecular flexibility index (Phi) is 2.70. The topological polar surface area (TPSA) is 78.0 Å². The van der Waals surface area contributed by atoms with E-state index in [4.69, 9.17) is 0 Å². The van der Waals surface area contributed by atoms with Gasteiger partial charge in [0, 0.05) is 18.3 Å². The third-order valence-electron chi connectivity index (χ3n) is 2.39. The summed E-state index contributed by atoms with van der Waals surface area (Å²) in [4.78, 5) is 20.7. The molecule has 6 nitrogen and oxygen atoms in total. The quantitative estimate of drug-likeness (QED) is 0.459. The van der Waals surface area contributed by atoms with Crippen molar-refractivity contribution in [1.82, 2.24) is 9.78 Å². The lowest BCUT2D eigenvalue weighted by Crippen LogP contribution is -1.95. The van der Waals surface area contributed by atoms with Crippen molar-refractivity contribution in [2.45, 2.75) is 6.92 Å². The summed E-state index contributed by atoms with van der Waals surface area (Å²) in [5, 5.41) is 14.6. The largest absolute Gasteiger partial charge is 0.298 e. The van der Waals surface area contributed by atoms with Gasteiger partial charge in [0.05, 0.1) is 21.9 Å². The zero-order valence-corrected chi connectivity index (χ0v) is 9.03. The molecule has 0 bridgehead atoms. The number of hydrogen-bond acceptors (Lipinski definition) is 4. The number of nitro benzene ring substituents is 1. The van der Waals surface area contributed by atoms with E-state index in [9.17, 15) is 14.9 Å². The van der Waals surface area contributed by atoms with Crippen molar-refractivity contribution in [3.05, 3.63) is 51.8 Å². The van der Waals surface area contributed by atoms with Crippen LogP contribution in [0.4, 0.5) is 5.69 Å². The van der Waals surface area contributed by atoms with Gasteiger partial charge in [0.1, 0.15) is 0 Å². The molecule has 0 atom stereocenters. The molecule has 6 heteroatoms. The molecule has 2 aromatic rings. The number of aryl methyl sites for hydroxylation is 1. The van der Waals surface area contributed by atoms with E-state index >= 15 is 0 Å². The molecule has 0 spiro atoms. The Labute approximate surface area is 96.6 Å². The van der Waals surface area contributed by atoms with E-state index in [-0.39, 0.29) is 5.69 Å². The maximum Gasteiger partial charge on any atom is 0.269 e. The normalized spacial score (nSPS) is 10.2. The summed E-state index contributed by atoms with van der Waals surface area (Å²) in [7, 11) is 0. The van der Waals surface area contributed by atoms with Gasteiger partial charge in [-0.05, 0) is 19.1 Å². The SMILES string of the molecule is Cc1nn(-c2ccc([N+](=O)[O-])cc2)cc1C=O. The number of rotatable bonds is 3. The molecule has 0 radical (unpaired) electrons. The maximum atomic E-state index is 10.7. The Morgan fingerprint density at radius 3 is 2.47 bits per heavy atom. The molecule has 2 rings (SSSR count). The monoisotopic (exact) mass is 231 g/mol. The van der Waals surface area contributed by atoms with Crippen LogP contribution in [0, 0.1) is 17.0 Å². The van der Waals surface area contributed by atoms with E-state index in [1.807, 2.05) is 0 Å². The molecule has 0 aliphatic carbocycles. The van der Waals surface area contributed by atoms with Crippen molar-refractivity contribution >= 4 is 12.0 Å². The Hall–Kier alpha value is -2.50. The number of nitro groups is 1. The van der Waals surface area contributed by atoms with Crippen LogP contribution in [0.5, 0.6) is 0 Å². The second kappa shape index (κ2) is 4.17. The number of non-ortho nitro benzene ring substituents is 1. The summed E-state index contributed by atoms with van der Waals surface area (Å²) in [6.07, 6.45) is 2.31. The molecular weight excluding hydrogens is 222 g/mol. The molecule has 1 aromatic carbocycles. The highest BCUT2D eigenvalue weighted by Gasteiger charge is 2.07. The van der Waals surface area contributed by atoms with Crippen molar-refractivity contribution in [2.24, 2.45) is 0 Å². The van der Waals surface area contributed by atoms with Crippen molar-refractivity contribution in [1.29, 1.82) is 0 Å². The summed E-state index contributed by atoms with van der Waals surface area (Å²) < 4.78 is 1.52. The average molecular weight is 231 g/mol. The van der Waals surface area contributed by atoms with Crippen LogP contribution in [0.2, 0.25) is 0 Å². The summed E-state index contributed by atoms with van der Waals surface area (Å²) >= 11 is 0. The second-order valence-electron chi connectivity index (χ2n) is 3.51. The number of carbonyl (C=O) groups excluding carboxylic acids is 1. The van der Waals surface area contributed by atoms with Crippen molar-refractivity contribution < 1.29 is 9.72 Å². The first-order chi connectivity index (χ1) is 8.11. The minimum absolute atomic E-state index is 0.0215. The molecule has 0 unspecified atom stereocenters. The lowest BCUT2D eigenvalue weighted by Gasteiger charge is -1.99. The predicted octanol–water partition coefficient (Wildman–Crippen LogP) is 1.90. The van der Waals surface area contributed by atoms with Gasteiger partial charge < -0.3 is 0 Å². The van der Waals surface area contributed by atoms with E-state index in [2.05, 4.69) is 5.10 Å². The van der Waals surface area contributed by atoms with Crippen LogP contribution >= 0.6 is 0 Å². The summed E-state index contributed by atoms with van der Waals surface area (Å²) in [6, 6.07) is 5.96. The van der Waals surface area contributed by atoms with Gasteiger partial charge in [-0.2, -0.15) is 5.10 Å². The van der Waals surface area contributed by atoms with Crippen LogP contribution in [0.25, 0.3) is 5.69 Å². The van der Waals surface area contributed by atoms with E-state index in [1.165, 1.54) is 16.8 Å². The smallest absolute Gasteiger partial charge is 0.269 e. The van der Waals surface area contributed by atoms with Gasteiger partial charge in [-0.3, -0.25) is 14.9 Å². The molecule has 1 heterocycles. The van der Waals surface area contributed by atoms with E-state index in [0.29, 0.717) is 16.9 Å². The fourth-order valence-electron chi connectivity index (χ4n) is 1.45. The second-order valence-corrected chi connectivity index (χ2v) is 3.51. The number of aldehydes is 1. The van der Waals surface area contributed by atoms with Crippen molar-refractivity contribution in [2.75, 3.05) is 0 Å². The van der Waals surface area contributed by atoms with Gasteiger partial charge in [-0.1, -0.05) is 0 Å². The molecule has 0 amide bonds. The van der Waals surface area contributed by atoms with Gasteiger partial charge in [0.15, 0.2) is 6.29 Å². The van der Waals surface area contributed by atoms with Crippen LogP contribution in [-0.2, 0) is 0 Å². The number of benzene rings is 1. The standard InChI is InChI=1S/C11H9N3O3/c1-8-9(7-15)6-13(12-8)10-2-4-11(5-3-10)14(16)17/h2-7H,1H3. The van der Waals surface area contributed by atoms with E-state index in [1.54, 1.807) is 25.3 Å². The third-order valence-corrected chi connectivity index (χ3v) is 2.39. The highest BCUT2D eigenvalue weighted by Crippen LogP contribution is 2.15. The molecular formula is C11H9N3O3. The summed E-state index contributed by atoms with van der Waals surface area (Å²) in [6.45, 7) is 1.73. The van der Waals surface area contributed by atoms with Crippen LogP contribution in [0.3, 0.4) is 0 Å². The zero-order valence-electron chi connectivity index (χ0n) is 9.03. The third kappa shape index (κ3) is 2.05. The van der Waals surface area contributed by atoms with E-state index < -0.39 is 4.92 Å². The molecule has 17 heavy (non-hydrogen) atoms. The molecule has 0 aliphatic rings. The van der Waals surface area contributed by atoms with Gasteiger partial charge in [0.2, 0.25) is 0 Å². The molecule has 0 fully saturated rings. The molecule has 0 aliphatic heterocycles. The van der Waals surface area contributed by atoms with E-state index in [0.717, 1.165) is 6.29 Å². The lowest BCUT2D eigenvalue weighted by molar-refractivity contribution is -0.384. The first kappa shape index (κ1) is 11.0. The number of nitrogens with zero attached hydrogens (tertiary/aromatic N) is 3. The number of hydrogen-bond donors (Lipinski definition) is 0. The van der Waals surface area contributed by atoms with Crippen LogP contribution in [0.1, 0.15) is 16.1 Å².